The Morgan fingerprint density at radius 1 is 0.929 bits per heavy atom. The number of nitrogens with zero attached hydrogens (tertiary/aromatic N) is 3. The molecule has 4 aromatic rings. The number of ether oxygens (including phenoxy) is 1. The van der Waals surface area contributed by atoms with Crippen molar-refractivity contribution < 1.29 is 9.53 Å². The van der Waals surface area contributed by atoms with Crippen LogP contribution < -0.4 is 4.74 Å². The van der Waals surface area contributed by atoms with Crippen LogP contribution in [0, 0.1) is 0 Å². The summed E-state index contributed by atoms with van der Waals surface area (Å²) in [5, 5.41) is 0.933. The predicted molar refractivity (Wildman–Crippen MR) is 106 cm³/mol. The topological polar surface area (TPSA) is 65.0 Å². The van der Waals surface area contributed by atoms with Gasteiger partial charge in [-0.05, 0) is 49.6 Å². The van der Waals surface area contributed by atoms with E-state index in [1.54, 1.807) is 24.4 Å². The summed E-state index contributed by atoms with van der Waals surface area (Å²) in [6.45, 7) is 0. The van der Waals surface area contributed by atoms with Gasteiger partial charge in [0.2, 0.25) is 0 Å². The first kappa shape index (κ1) is 15.7. The van der Waals surface area contributed by atoms with Gasteiger partial charge in [0.1, 0.15) is 5.52 Å². The highest BCUT2D eigenvalue weighted by molar-refractivity contribution is 5.96. The summed E-state index contributed by atoms with van der Waals surface area (Å²) in [5.41, 5.74) is 5.05. The van der Waals surface area contributed by atoms with Crippen LogP contribution in [0.5, 0.6) is 5.75 Å². The summed E-state index contributed by atoms with van der Waals surface area (Å²) in [6, 6.07) is 14.8. The lowest BCUT2D eigenvalue weighted by molar-refractivity contribution is 0.0737. The van der Waals surface area contributed by atoms with Crippen molar-refractivity contribution in [1.29, 1.82) is 0 Å². The Balaban J connectivity index is 1.37. The number of fused-ring (bicyclic) bond motifs is 7. The number of rotatable bonds is 2. The minimum Gasteiger partial charge on any atom is -0.421 e. The third kappa shape index (κ3) is 2.32. The Bertz CT molecular complexity index is 1260. The van der Waals surface area contributed by atoms with E-state index in [0.29, 0.717) is 28.7 Å². The maximum Gasteiger partial charge on any atom is 0.343 e. The number of esters is 1. The number of hydrogen-bond donors (Lipinski definition) is 0. The van der Waals surface area contributed by atoms with Crippen LogP contribution in [-0.2, 0) is 0 Å². The van der Waals surface area contributed by atoms with Crippen molar-refractivity contribution in [2.45, 2.75) is 31.1 Å². The zero-order valence-electron chi connectivity index (χ0n) is 15.1. The van der Waals surface area contributed by atoms with E-state index in [4.69, 9.17) is 14.7 Å². The van der Waals surface area contributed by atoms with Gasteiger partial charge in [0, 0.05) is 23.4 Å². The number of carbonyl (C=O) groups is 1. The van der Waals surface area contributed by atoms with Gasteiger partial charge in [0.05, 0.1) is 28.0 Å². The van der Waals surface area contributed by atoms with Crippen LogP contribution >= 0.6 is 0 Å². The first-order chi connectivity index (χ1) is 13.8. The van der Waals surface area contributed by atoms with Crippen molar-refractivity contribution in [3.05, 3.63) is 71.7 Å². The number of para-hydroxylation sites is 1. The van der Waals surface area contributed by atoms with Crippen LogP contribution in [0.3, 0.4) is 0 Å². The van der Waals surface area contributed by atoms with Crippen LogP contribution in [0.4, 0.5) is 0 Å². The molecule has 2 aliphatic rings. The Labute approximate surface area is 161 Å². The maximum atomic E-state index is 12.8. The first-order valence-electron chi connectivity index (χ1n) is 9.64. The molecule has 1 saturated carbocycles. The molecule has 0 amide bonds. The number of aromatic nitrogens is 3. The molecule has 2 atom stereocenters. The van der Waals surface area contributed by atoms with Crippen molar-refractivity contribution in [2.24, 2.45) is 0 Å². The van der Waals surface area contributed by atoms with E-state index in [1.807, 2.05) is 30.3 Å². The van der Waals surface area contributed by atoms with Gasteiger partial charge in [-0.3, -0.25) is 4.98 Å². The zero-order chi connectivity index (χ0) is 18.7. The summed E-state index contributed by atoms with van der Waals surface area (Å²) in [4.78, 5) is 26.8. The summed E-state index contributed by atoms with van der Waals surface area (Å²) < 4.78 is 5.66. The van der Waals surface area contributed by atoms with E-state index in [0.717, 1.165) is 22.1 Å². The fourth-order valence-corrected chi connectivity index (χ4v) is 4.61. The van der Waals surface area contributed by atoms with E-state index < -0.39 is 5.97 Å². The van der Waals surface area contributed by atoms with Crippen LogP contribution in [0.1, 0.15) is 52.8 Å². The van der Waals surface area contributed by atoms with E-state index in [-0.39, 0.29) is 0 Å². The van der Waals surface area contributed by atoms with Crippen molar-refractivity contribution in [3.63, 3.8) is 0 Å². The molecule has 1 fully saturated rings. The fourth-order valence-electron chi connectivity index (χ4n) is 4.61. The van der Waals surface area contributed by atoms with Gasteiger partial charge in [-0.25, -0.2) is 14.8 Å². The summed E-state index contributed by atoms with van der Waals surface area (Å²) in [5.74, 6) is 1.15. The Kier molecular flexibility index (Phi) is 3.27. The molecule has 6 rings (SSSR count). The normalized spacial score (nSPS) is 19.9. The third-order valence-electron chi connectivity index (χ3n) is 5.96. The fraction of sp³-hybridized carbons (Fsp3) is 0.217. The maximum absolute atomic E-state index is 12.8. The van der Waals surface area contributed by atoms with E-state index >= 15 is 0 Å². The van der Waals surface area contributed by atoms with Crippen LogP contribution in [0.15, 0.2) is 54.7 Å². The summed E-state index contributed by atoms with van der Waals surface area (Å²) in [7, 11) is 0. The zero-order valence-corrected chi connectivity index (χ0v) is 15.1. The lowest BCUT2D eigenvalue weighted by Gasteiger charge is -2.14. The standard InChI is InChI=1S/C23H17N3O2/c27-23(28-19-5-1-3-13-4-2-10-24-20(13)19)16-8-9-17-18(12-16)26-22-15-7-6-14(11-15)21(22)25-17/h1-5,8-10,12,14-15H,6-7,11H2. The largest absolute Gasteiger partial charge is 0.421 e. The van der Waals surface area contributed by atoms with Crippen LogP contribution in [0.2, 0.25) is 0 Å². The second-order valence-corrected chi connectivity index (χ2v) is 7.63. The van der Waals surface area contributed by atoms with Gasteiger partial charge in [-0.2, -0.15) is 0 Å². The Hall–Kier alpha value is -3.34. The number of benzene rings is 2. The van der Waals surface area contributed by atoms with Crippen molar-refractivity contribution in [1.82, 2.24) is 15.0 Å². The third-order valence-corrected chi connectivity index (χ3v) is 5.96. The molecule has 2 aromatic heterocycles. The number of pyridine rings is 1. The monoisotopic (exact) mass is 367 g/mol. The van der Waals surface area contributed by atoms with Crippen molar-refractivity contribution in [3.8, 4) is 5.75 Å². The first-order valence-corrected chi connectivity index (χ1v) is 9.64. The molecule has 5 nitrogen and oxygen atoms in total. The van der Waals surface area contributed by atoms with Crippen molar-refractivity contribution >= 4 is 27.9 Å². The lowest BCUT2D eigenvalue weighted by Crippen LogP contribution is -2.10. The molecule has 2 aromatic carbocycles. The minimum absolute atomic E-state index is 0.413. The summed E-state index contributed by atoms with van der Waals surface area (Å²) in [6.07, 6.45) is 5.29. The second kappa shape index (κ2) is 5.83. The van der Waals surface area contributed by atoms with Crippen molar-refractivity contribution in [2.75, 3.05) is 0 Å². The number of carbonyl (C=O) groups excluding carboxylic acids is 1. The highest BCUT2D eigenvalue weighted by atomic mass is 16.5. The van der Waals surface area contributed by atoms with Gasteiger partial charge in [-0.1, -0.05) is 18.2 Å². The average Bonchev–Trinajstić information content (AvgIpc) is 3.34. The summed E-state index contributed by atoms with van der Waals surface area (Å²) >= 11 is 0. The molecular weight excluding hydrogens is 350 g/mol. The Morgan fingerprint density at radius 2 is 1.71 bits per heavy atom. The number of hydrogen-bond acceptors (Lipinski definition) is 5. The van der Waals surface area contributed by atoms with Gasteiger partial charge >= 0.3 is 5.97 Å². The van der Waals surface area contributed by atoms with Gasteiger partial charge in [0.15, 0.2) is 5.75 Å². The highest BCUT2D eigenvalue weighted by Crippen LogP contribution is 2.51. The molecule has 0 N–H and O–H groups in total. The molecule has 0 spiro atoms. The Morgan fingerprint density at radius 3 is 2.57 bits per heavy atom. The smallest absolute Gasteiger partial charge is 0.343 e. The van der Waals surface area contributed by atoms with E-state index in [2.05, 4.69) is 4.98 Å². The molecular formula is C23H17N3O2. The second-order valence-electron chi connectivity index (χ2n) is 7.63. The van der Waals surface area contributed by atoms with E-state index in [9.17, 15) is 4.79 Å². The van der Waals surface area contributed by atoms with Gasteiger partial charge in [0.25, 0.3) is 0 Å². The molecule has 2 unspecified atom stereocenters. The highest BCUT2D eigenvalue weighted by Gasteiger charge is 2.39. The van der Waals surface area contributed by atoms with Crippen LogP contribution in [-0.4, -0.2) is 20.9 Å². The van der Waals surface area contributed by atoms with Crippen LogP contribution in [0.25, 0.3) is 21.9 Å². The molecule has 2 heterocycles. The molecule has 5 heteroatoms. The minimum atomic E-state index is -0.413. The van der Waals surface area contributed by atoms with Gasteiger partial charge < -0.3 is 4.74 Å². The molecule has 28 heavy (non-hydrogen) atoms. The molecule has 2 aliphatic carbocycles. The SMILES string of the molecule is O=C(Oc1cccc2cccnc12)c1ccc2nc3c(nc2c1)C1CCC3C1. The molecule has 136 valence electrons. The van der Waals surface area contributed by atoms with E-state index in [1.165, 1.54) is 25.0 Å². The average molecular weight is 367 g/mol. The molecule has 0 aliphatic heterocycles. The molecule has 0 saturated heterocycles. The quantitative estimate of drug-likeness (QED) is 0.377. The van der Waals surface area contributed by atoms with Gasteiger partial charge in [-0.15, -0.1) is 0 Å². The predicted octanol–water partition coefficient (Wildman–Crippen LogP) is 4.76. The lowest BCUT2D eigenvalue weighted by atomic mass is 10.00. The molecule has 2 bridgehead atoms. The molecule has 0 radical (unpaired) electrons.